The van der Waals surface area contributed by atoms with Crippen molar-refractivity contribution in [1.29, 1.82) is 0 Å². The largest absolute Gasteiger partial charge is 1.00 e. The van der Waals surface area contributed by atoms with E-state index in [4.69, 9.17) is 10.8 Å². The van der Waals surface area contributed by atoms with Crippen molar-refractivity contribution in [3.05, 3.63) is 30.1 Å². The van der Waals surface area contributed by atoms with Gasteiger partial charge in [-0.25, -0.2) is 9.36 Å². The van der Waals surface area contributed by atoms with Gasteiger partial charge in [-0.1, -0.05) is 0 Å². The van der Waals surface area contributed by atoms with E-state index in [-0.39, 0.29) is 42.2 Å². The van der Waals surface area contributed by atoms with E-state index in [1.807, 2.05) is 36.0 Å². The van der Waals surface area contributed by atoms with Gasteiger partial charge in [-0.05, 0) is 18.9 Å². The van der Waals surface area contributed by atoms with E-state index in [0.29, 0.717) is 6.54 Å². The molecule has 0 radical (unpaired) electrons. The SMILES string of the molecule is Cc1cc[n+](CCC(=O)NC(CCC(N)=O)C(=O)O)cc1.[Br-]. The van der Waals surface area contributed by atoms with Gasteiger partial charge >= 0.3 is 5.97 Å². The normalized spacial score (nSPS) is 11.1. The third-order valence-electron chi connectivity index (χ3n) is 2.97. The van der Waals surface area contributed by atoms with Crippen LogP contribution in [0, 0.1) is 6.92 Å². The fourth-order valence-corrected chi connectivity index (χ4v) is 1.72. The second kappa shape index (κ2) is 9.88. The number of nitrogens with two attached hydrogens (primary N) is 1. The predicted molar refractivity (Wildman–Crippen MR) is 74.0 cm³/mol. The molecule has 2 amide bonds. The number of carbonyl (C=O) groups excluding carboxylic acids is 2. The molecule has 1 unspecified atom stereocenters. The number of aliphatic carboxylic acids is 1. The van der Waals surface area contributed by atoms with Crippen LogP contribution in [0.1, 0.15) is 24.8 Å². The van der Waals surface area contributed by atoms with Crippen LogP contribution in [-0.2, 0) is 20.9 Å². The summed E-state index contributed by atoms with van der Waals surface area (Å²) in [5.74, 6) is -2.14. The van der Waals surface area contributed by atoms with Gasteiger partial charge in [-0.3, -0.25) is 9.59 Å². The Morgan fingerprint density at radius 2 is 1.86 bits per heavy atom. The van der Waals surface area contributed by atoms with Crippen molar-refractivity contribution in [3.8, 4) is 0 Å². The average Bonchev–Trinajstić information content (AvgIpc) is 2.42. The average molecular weight is 374 g/mol. The molecule has 0 fully saturated rings. The van der Waals surface area contributed by atoms with Gasteiger partial charge in [0, 0.05) is 18.6 Å². The molecule has 8 heteroatoms. The molecule has 1 atom stereocenters. The van der Waals surface area contributed by atoms with E-state index in [2.05, 4.69) is 5.32 Å². The van der Waals surface area contributed by atoms with Gasteiger partial charge in [0.2, 0.25) is 11.8 Å². The molecule has 0 spiro atoms. The number of pyridine rings is 1. The van der Waals surface area contributed by atoms with E-state index >= 15 is 0 Å². The van der Waals surface area contributed by atoms with E-state index in [1.165, 1.54) is 0 Å². The molecular formula is C14H20BrN3O4. The van der Waals surface area contributed by atoms with Crippen molar-refractivity contribution in [2.45, 2.75) is 38.8 Å². The van der Waals surface area contributed by atoms with Crippen molar-refractivity contribution in [1.82, 2.24) is 5.32 Å². The van der Waals surface area contributed by atoms with Crippen LogP contribution < -0.4 is 32.6 Å². The molecule has 0 aliphatic heterocycles. The van der Waals surface area contributed by atoms with Crippen molar-refractivity contribution < 1.29 is 41.0 Å². The molecule has 122 valence electrons. The lowest BCUT2D eigenvalue weighted by atomic mass is 10.1. The number of hydrogen-bond acceptors (Lipinski definition) is 3. The van der Waals surface area contributed by atoms with E-state index < -0.39 is 17.9 Å². The molecule has 1 rings (SSSR count). The zero-order valence-electron chi connectivity index (χ0n) is 12.3. The number of aromatic nitrogens is 1. The molecule has 22 heavy (non-hydrogen) atoms. The maximum absolute atomic E-state index is 11.7. The highest BCUT2D eigenvalue weighted by Crippen LogP contribution is 1.98. The van der Waals surface area contributed by atoms with Gasteiger partial charge in [0.05, 0.1) is 6.42 Å². The summed E-state index contributed by atoms with van der Waals surface area (Å²) >= 11 is 0. The monoisotopic (exact) mass is 373 g/mol. The second-order valence-corrected chi connectivity index (χ2v) is 4.83. The van der Waals surface area contributed by atoms with Crippen LogP contribution >= 0.6 is 0 Å². The topological polar surface area (TPSA) is 113 Å². The molecule has 1 heterocycles. The van der Waals surface area contributed by atoms with Crippen LogP contribution in [0.5, 0.6) is 0 Å². The van der Waals surface area contributed by atoms with Crippen molar-refractivity contribution in [2.75, 3.05) is 0 Å². The number of carboxylic acid groups (broad SMARTS) is 1. The van der Waals surface area contributed by atoms with Crippen molar-refractivity contribution in [2.24, 2.45) is 5.73 Å². The highest BCUT2D eigenvalue weighted by atomic mass is 79.9. The summed E-state index contributed by atoms with van der Waals surface area (Å²) in [6, 6.07) is 2.75. The maximum atomic E-state index is 11.7. The molecule has 1 aromatic rings. The number of carboxylic acids is 1. The number of amides is 2. The van der Waals surface area contributed by atoms with Gasteiger partial charge < -0.3 is 33.1 Å². The highest BCUT2D eigenvalue weighted by molar-refractivity contribution is 5.84. The quantitative estimate of drug-likeness (QED) is 0.410. The molecule has 0 saturated carbocycles. The number of nitrogens with one attached hydrogen (secondary N) is 1. The Morgan fingerprint density at radius 1 is 1.27 bits per heavy atom. The number of hydrogen-bond donors (Lipinski definition) is 3. The molecule has 0 aliphatic carbocycles. The zero-order chi connectivity index (χ0) is 15.8. The number of halogens is 1. The minimum atomic E-state index is -1.17. The molecule has 4 N–H and O–H groups in total. The van der Waals surface area contributed by atoms with Gasteiger partial charge in [0.15, 0.2) is 18.9 Å². The Balaban J connectivity index is 0.00000441. The van der Waals surface area contributed by atoms with Gasteiger partial charge in [0.25, 0.3) is 0 Å². The Hall–Kier alpha value is -1.96. The summed E-state index contributed by atoms with van der Waals surface area (Å²) in [7, 11) is 0. The molecular weight excluding hydrogens is 354 g/mol. The minimum absolute atomic E-state index is 0. The fourth-order valence-electron chi connectivity index (χ4n) is 1.72. The third kappa shape index (κ3) is 7.72. The fraction of sp³-hybridized carbons (Fsp3) is 0.429. The number of rotatable bonds is 8. The lowest BCUT2D eigenvalue weighted by molar-refractivity contribution is -0.695. The Labute approximate surface area is 139 Å². The van der Waals surface area contributed by atoms with Crippen LogP contribution in [-0.4, -0.2) is 28.9 Å². The Kier molecular flexibility index (Phi) is 9.00. The minimum Gasteiger partial charge on any atom is -1.00 e. The molecule has 0 aromatic carbocycles. The smallest absolute Gasteiger partial charge is 0.326 e. The Morgan fingerprint density at radius 3 is 2.36 bits per heavy atom. The summed E-state index contributed by atoms with van der Waals surface area (Å²) < 4.78 is 1.84. The summed E-state index contributed by atoms with van der Waals surface area (Å²) in [6.07, 6.45) is 3.78. The van der Waals surface area contributed by atoms with Gasteiger partial charge in [-0.2, -0.15) is 0 Å². The number of carbonyl (C=O) groups is 3. The van der Waals surface area contributed by atoms with E-state index in [1.54, 1.807) is 0 Å². The molecule has 7 nitrogen and oxygen atoms in total. The van der Waals surface area contributed by atoms with Crippen molar-refractivity contribution in [3.63, 3.8) is 0 Å². The highest BCUT2D eigenvalue weighted by Gasteiger charge is 2.20. The summed E-state index contributed by atoms with van der Waals surface area (Å²) in [5, 5.41) is 11.4. The van der Waals surface area contributed by atoms with Crippen molar-refractivity contribution >= 4 is 17.8 Å². The van der Waals surface area contributed by atoms with E-state index in [9.17, 15) is 14.4 Å². The van der Waals surface area contributed by atoms with Crippen LogP contribution in [0.15, 0.2) is 24.5 Å². The standard InChI is InChI=1S/C14H19N3O4.BrH/c1-10-4-7-17(8-5-10)9-6-13(19)16-11(14(20)21)2-3-12(15)18;/h4-5,7-8,11H,2-3,6,9H2,1H3,(H3-,15,16,18,19,20,21);1H. The predicted octanol–water partition coefficient (Wildman–Crippen LogP) is -3.49. The molecule has 0 saturated heterocycles. The van der Waals surface area contributed by atoms with Crippen LogP contribution in [0.4, 0.5) is 0 Å². The summed E-state index contributed by atoms with van der Waals surface area (Å²) in [6.45, 7) is 2.42. The lowest BCUT2D eigenvalue weighted by Crippen LogP contribution is -3.00. The lowest BCUT2D eigenvalue weighted by Gasteiger charge is -2.12. The Bertz CT molecular complexity index is 519. The first kappa shape index (κ1) is 20.0. The molecule has 0 aliphatic rings. The van der Waals surface area contributed by atoms with E-state index in [0.717, 1.165) is 5.56 Å². The van der Waals surface area contributed by atoms with Gasteiger partial charge in [0.1, 0.15) is 6.04 Å². The summed E-state index contributed by atoms with van der Waals surface area (Å²) in [5.41, 5.74) is 6.09. The number of nitrogens with zero attached hydrogens (tertiary/aromatic N) is 1. The number of aryl methyl sites for hydroxylation is 2. The third-order valence-corrected chi connectivity index (χ3v) is 2.97. The van der Waals surface area contributed by atoms with Crippen LogP contribution in [0.25, 0.3) is 0 Å². The van der Waals surface area contributed by atoms with Crippen LogP contribution in [0.3, 0.4) is 0 Å². The first-order chi connectivity index (χ1) is 9.88. The second-order valence-electron chi connectivity index (χ2n) is 4.83. The van der Waals surface area contributed by atoms with Crippen LogP contribution in [0.2, 0.25) is 0 Å². The summed E-state index contributed by atoms with van der Waals surface area (Å²) in [4.78, 5) is 33.4. The number of primary amides is 1. The zero-order valence-corrected chi connectivity index (χ0v) is 13.9. The molecule has 0 bridgehead atoms. The maximum Gasteiger partial charge on any atom is 0.326 e. The molecule has 1 aromatic heterocycles. The first-order valence-corrected chi connectivity index (χ1v) is 6.64. The van der Waals surface area contributed by atoms with Gasteiger partial charge in [-0.15, -0.1) is 0 Å². The first-order valence-electron chi connectivity index (χ1n) is 6.64.